The molecular weight excluding hydrogens is 360 g/mol. The first kappa shape index (κ1) is 18.4. The van der Waals surface area contributed by atoms with E-state index in [1.807, 2.05) is 6.20 Å². The summed E-state index contributed by atoms with van der Waals surface area (Å²) in [5.41, 5.74) is 0. The summed E-state index contributed by atoms with van der Waals surface area (Å²) in [6, 6.07) is 4.25. The predicted molar refractivity (Wildman–Crippen MR) is 108 cm³/mol. The molecule has 144 valence electrons. The number of hydrogen-bond donors (Lipinski definition) is 0. The Hall–Kier alpha value is -1.99. The number of piperidine rings is 1. The molecule has 7 heteroatoms. The highest BCUT2D eigenvalue weighted by Crippen LogP contribution is 2.29. The largest absolute Gasteiger partial charge is 0.354 e. The summed E-state index contributed by atoms with van der Waals surface area (Å²) in [5, 5.41) is 3.39. The molecule has 2 saturated heterocycles. The number of nitrogens with zero attached hydrogens (tertiary/aromatic N) is 4. The molecule has 2 aromatic heterocycles. The Morgan fingerprint density at radius 1 is 0.963 bits per heavy atom. The molecule has 4 rings (SSSR count). The summed E-state index contributed by atoms with van der Waals surface area (Å²) in [4.78, 5) is 34.6. The third-order valence-corrected chi connectivity index (χ3v) is 6.40. The van der Waals surface area contributed by atoms with Crippen molar-refractivity contribution in [1.29, 1.82) is 0 Å². The van der Waals surface area contributed by atoms with Crippen LogP contribution in [0.25, 0.3) is 10.1 Å². The van der Waals surface area contributed by atoms with Crippen LogP contribution in [0.3, 0.4) is 0 Å². The summed E-state index contributed by atoms with van der Waals surface area (Å²) >= 11 is 1.76. The number of aromatic nitrogens is 1. The molecule has 0 aliphatic carbocycles. The lowest BCUT2D eigenvalue weighted by atomic mass is 10.1. The standard InChI is InChI=1S/C20H26N4O2S/c25-18-4-3-5-19(26)24(18)10-2-1-9-22-11-13-23(14-12-22)20-16-7-15-27-17(16)6-8-21-20/h6-8,15H,1-5,9-14H2. The first-order valence-corrected chi connectivity index (χ1v) is 10.7. The fourth-order valence-corrected chi connectivity index (χ4v) is 4.75. The molecule has 2 amide bonds. The number of imide groups is 1. The number of pyridine rings is 1. The van der Waals surface area contributed by atoms with Crippen LogP contribution in [0.15, 0.2) is 23.7 Å². The number of hydrogen-bond acceptors (Lipinski definition) is 6. The zero-order chi connectivity index (χ0) is 18.6. The Morgan fingerprint density at radius 3 is 2.48 bits per heavy atom. The highest BCUT2D eigenvalue weighted by molar-refractivity contribution is 7.17. The number of fused-ring (bicyclic) bond motifs is 1. The molecule has 0 saturated carbocycles. The van der Waals surface area contributed by atoms with Crippen LogP contribution < -0.4 is 4.90 Å². The van der Waals surface area contributed by atoms with Crippen molar-refractivity contribution in [3.05, 3.63) is 23.7 Å². The van der Waals surface area contributed by atoms with E-state index in [0.29, 0.717) is 25.8 Å². The minimum absolute atomic E-state index is 0.00923. The van der Waals surface area contributed by atoms with E-state index in [9.17, 15) is 9.59 Å². The number of amides is 2. The van der Waals surface area contributed by atoms with Gasteiger partial charge in [-0.05, 0) is 43.3 Å². The molecule has 0 aromatic carbocycles. The van der Waals surface area contributed by atoms with Gasteiger partial charge >= 0.3 is 0 Å². The SMILES string of the molecule is O=C1CCCC(=O)N1CCCCN1CCN(c2nccc3sccc23)CC1. The smallest absolute Gasteiger partial charge is 0.229 e. The van der Waals surface area contributed by atoms with Crippen LogP contribution in [0.1, 0.15) is 32.1 Å². The molecule has 4 heterocycles. The number of carbonyl (C=O) groups excluding carboxylic acids is 2. The van der Waals surface area contributed by atoms with Gasteiger partial charge in [-0.15, -0.1) is 11.3 Å². The van der Waals surface area contributed by atoms with Gasteiger partial charge in [0, 0.05) is 61.8 Å². The Morgan fingerprint density at radius 2 is 1.70 bits per heavy atom. The average molecular weight is 387 g/mol. The summed E-state index contributed by atoms with van der Waals surface area (Å²) in [6.45, 7) is 5.66. The summed E-state index contributed by atoms with van der Waals surface area (Å²) < 4.78 is 1.30. The second-order valence-corrected chi connectivity index (χ2v) is 8.24. The molecule has 0 atom stereocenters. The van der Waals surface area contributed by atoms with Crippen LogP contribution in [-0.2, 0) is 9.59 Å². The number of anilines is 1. The number of unbranched alkanes of at least 4 members (excludes halogenated alkanes) is 1. The van der Waals surface area contributed by atoms with Crippen LogP contribution in [-0.4, -0.2) is 65.9 Å². The topological polar surface area (TPSA) is 56.8 Å². The van der Waals surface area contributed by atoms with E-state index in [4.69, 9.17) is 0 Å². The van der Waals surface area contributed by atoms with Crippen LogP contribution in [0.4, 0.5) is 5.82 Å². The van der Waals surface area contributed by atoms with E-state index in [2.05, 4.69) is 32.3 Å². The molecule has 6 nitrogen and oxygen atoms in total. The second-order valence-electron chi connectivity index (χ2n) is 7.30. The Bertz CT molecular complexity index is 797. The van der Waals surface area contributed by atoms with Crippen LogP contribution >= 0.6 is 11.3 Å². The fourth-order valence-electron chi connectivity index (χ4n) is 3.97. The Kier molecular flexibility index (Phi) is 5.69. The first-order valence-electron chi connectivity index (χ1n) is 9.85. The lowest BCUT2D eigenvalue weighted by Crippen LogP contribution is -2.47. The molecule has 2 aliphatic rings. The monoisotopic (exact) mass is 386 g/mol. The quantitative estimate of drug-likeness (QED) is 0.564. The van der Waals surface area contributed by atoms with E-state index >= 15 is 0 Å². The van der Waals surface area contributed by atoms with E-state index in [1.54, 1.807) is 11.3 Å². The average Bonchev–Trinajstić information content (AvgIpc) is 3.16. The third kappa shape index (κ3) is 4.14. The first-order chi connectivity index (χ1) is 13.2. The van der Waals surface area contributed by atoms with E-state index in [0.717, 1.165) is 51.4 Å². The normalized spacial score (nSPS) is 19.3. The molecule has 0 spiro atoms. The van der Waals surface area contributed by atoms with Gasteiger partial charge in [-0.2, -0.15) is 0 Å². The van der Waals surface area contributed by atoms with Crippen molar-refractivity contribution in [2.24, 2.45) is 0 Å². The Labute approximate surface area is 163 Å². The number of piperazine rings is 1. The molecule has 0 radical (unpaired) electrons. The molecule has 0 N–H and O–H groups in total. The van der Waals surface area contributed by atoms with Gasteiger partial charge in [0.15, 0.2) is 0 Å². The lowest BCUT2D eigenvalue weighted by Gasteiger charge is -2.35. The van der Waals surface area contributed by atoms with Crippen LogP contribution in [0.5, 0.6) is 0 Å². The summed E-state index contributed by atoms with van der Waals surface area (Å²) in [5.74, 6) is 1.13. The van der Waals surface area contributed by atoms with Crippen LogP contribution in [0.2, 0.25) is 0 Å². The van der Waals surface area contributed by atoms with E-state index < -0.39 is 0 Å². The third-order valence-electron chi connectivity index (χ3n) is 5.52. The molecule has 2 fully saturated rings. The second kappa shape index (κ2) is 8.35. The van der Waals surface area contributed by atoms with Gasteiger partial charge in [0.2, 0.25) is 11.8 Å². The highest BCUT2D eigenvalue weighted by Gasteiger charge is 2.25. The van der Waals surface area contributed by atoms with Gasteiger partial charge in [-0.3, -0.25) is 19.4 Å². The zero-order valence-electron chi connectivity index (χ0n) is 15.6. The number of likely N-dealkylation sites (tertiary alicyclic amines) is 1. The summed E-state index contributed by atoms with van der Waals surface area (Å²) in [7, 11) is 0. The highest BCUT2D eigenvalue weighted by atomic mass is 32.1. The maximum Gasteiger partial charge on any atom is 0.229 e. The molecule has 27 heavy (non-hydrogen) atoms. The van der Waals surface area contributed by atoms with Gasteiger partial charge in [0.05, 0.1) is 0 Å². The van der Waals surface area contributed by atoms with Gasteiger partial charge in [0.1, 0.15) is 5.82 Å². The molecule has 0 unspecified atom stereocenters. The van der Waals surface area contributed by atoms with Gasteiger partial charge in [0.25, 0.3) is 0 Å². The predicted octanol–water partition coefficient (Wildman–Crippen LogP) is 2.74. The van der Waals surface area contributed by atoms with Crippen molar-refractivity contribution in [2.45, 2.75) is 32.1 Å². The van der Waals surface area contributed by atoms with Crippen molar-refractivity contribution in [3.8, 4) is 0 Å². The molecule has 2 aliphatic heterocycles. The van der Waals surface area contributed by atoms with Gasteiger partial charge in [-0.1, -0.05) is 0 Å². The van der Waals surface area contributed by atoms with Gasteiger partial charge < -0.3 is 4.90 Å². The number of carbonyl (C=O) groups is 2. The van der Waals surface area contributed by atoms with Crippen molar-refractivity contribution in [2.75, 3.05) is 44.2 Å². The maximum absolute atomic E-state index is 11.8. The van der Waals surface area contributed by atoms with Crippen molar-refractivity contribution < 1.29 is 9.59 Å². The minimum atomic E-state index is 0.00923. The molecule has 2 aromatic rings. The van der Waals surface area contributed by atoms with Gasteiger partial charge in [-0.25, -0.2) is 4.98 Å². The van der Waals surface area contributed by atoms with Crippen LogP contribution in [0, 0.1) is 0 Å². The fraction of sp³-hybridized carbons (Fsp3) is 0.550. The van der Waals surface area contributed by atoms with E-state index in [-0.39, 0.29) is 11.8 Å². The molecule has 0 bridgehead atoms. The number of thiophene rings is 1. The summed E-state index contributed by atoms with van der Waals surface area (Å²) in [6.07, 6.45) is 5.59. The van der Waals surface area contributed by atoms with Crippen molar-refractivity contribution in [3.63, 3.8) is 0 Å². The minimum Gasteiger partial charge on any atom is -0.354 e. The van der Waals surface area contributed by atoms with Crippen molar-refractivity contribution >= 4 is 39.1 Å². The maximum atomic E-state index is 11.8. The lowest BCUT2D eigenvalue weighted by molar-refractivity contribution is -0.148. The number of rotatable bonds is 6. The molecular formula is C20H26N4O2S. The van der Waals surface area contributed by atoms with E-state index in [1.165, 1.54) is 15.0 Å². The van der Waals surface area contributed by atoms with Crippen molar-refractivity contribution in [1.82, 2.24) is 14.8 Å². The zero-order valence-corrected chi connectivity index (χ0v) is 16.4. The Balaban J connectivity index is 1.21.